The van der Waals surface area contributed by atoms with Crippen LogP contribution in [0.3, 0.4) is 0 Å². The van der Waals surface area contributed by atoms with Crippen molar-refractivity contribution in [2.24, 2.45) is 0 Å². The number of carbonyl (C=O) groups is 1. The summed E-state index contributed by atoms with van der Waals surface area (Å²) < 4.78 is 11.6. The molecule has 3 N–H and O–H groups in total. The molecule has 126 valence electrons. The van der Waals surface area contributed by atoms with Gasteiger partial charge in [-0.15, -0.1) is 0 Å². The van der Waals surface area contributed by atoms with Crippen LogP contribution in [-0.2, 0) is 9.47 Å². The van der Waals surface area contributed by atoms with E-state index < -0.39 is 0 Å². The van der Waals surface area contributed by atoms with Gasteiger partial charge < -0.3 is 25.1 Å². The Morgan fingerprint density at radius 2 is 1.87 bits per heavy atom. The molecule has 1 aromatic heterocycles. The zero-order valence-electron chi connectivity index (χ0n) is 13.3. The Hall–Kier alpha value is -1.37. The third-order valence-corrected chi connectivity index (χ3v) is 5.44. The highest BCUT2D eigenvalue weighted by molar-refractivity contribution is 5.92. The van der Waals surface area contributed by atoms with Crippen molar-refractivity contribution in [2.75, 3.05) is 13.2 Å². The van der Waals surface area contributed by atoms with Crippen molar-refractivity contribution >= 4 is 5.91 Å². The lowest BCUT2D eigenvalue weighted by atomic mass is 9.83. The summed E-state index contributed by atoms with van der Waals surface area (Å²) in [6, 6.07) is 4.78. The van der Waals surface area contributed by atoms with E-state index >= 15 is 0 Å². The molecule has 0 radical (unpaired) electrons. The zero-order chi connectivity index (χ0) is 15.7. The van der Waals surface area contributed by atoms with Gasteiger partial charge in [0.25, 0.3) is 5.91 Å². The second-order valence-corrected chi connectivity index (χ2v) is 6.90. The topological polar surface area (TPSA) is 75.4 Å². The molecule has 1 spiro atoms. The Morgan fingerprint density at radius 3 is 2.48 bits per heavy atom. The molecule has 0 bridgehead atoms. The predicted molar refractivity (Wildman–Crippen MR) is 85.1 cm³/mol. The fraction of sp³-hybridized carbons (Fsp3) is 0.706. The third kappa shape index (κ3) is 3.16. The lowest BCUT2D eigenvalue weighted by Crippen LogP contribution is -2.59. The van der Waals surface area contributed by atoms with E-state index in [2.05, 4.69) is 15.6 Å². The van der Waals surface area contributed by atoms with Gasteiger partial charge in [-0.3, -0.25) is 4.79 Å². The fourth-order valence-corrected chi connectivity index (χ4v) is 3.90. The van der Waals surface area contributed by atoms with E-state index in [0.29, 0.717) is 17.8 Å². The third-order valence-electron chi connectivity index (χ3n) is 5.44. The second kappa shape index (κ2) is 6.26. The SMILES string of the molecule is O=C(N[C@H]1CC[C@H]1NC1CCC2(CC1)OCCO2)c1ccc[nH]1. The van der Waals surface area contributed by atoms with Gasteiger partial charge in [0.15, 0.2) is 5.79 Å². The van der Waals surface area contributed by atoms with Crippen LogP contribution in [0.5, 0.6) is 0 Å². The van der Waals surface area contributed by atoms with Gasteiger partial charge >= 0.3 is 0 Å². The summed E-state index contributed by atoms with van der Waals surface area (Å²) in [6.07, 6.45) is 8.04. The molecule has 3 fully saturated rings. The molecule has 2 saturated carbocycles. The van der Waals surface area contributed by atoms with Gasteiger partial charge in [-0.25, -0.2) is 0 Å². The lowest BCUT2D eigenvalue weighted by molar-refractivity contribution is -0.180. The fourth-order valence-electron chi connectivity index (χ4n) is 3.90. The van der Waals surface area contributed by atoms with Crippen molar-refractivity contribution in [3.8, 4) is 0 Å². The molecule has 23 heavy (non-hydrogen) atoms. The standard InChI is InChI=1S/C17H25N3O3/c21-16(15-2-1-9-18-15)20-14-4-3-13(14)19-12-5-7-17(8-6-12)22-10-11-23-17/h1-2,9,12-14,18-19H,3-8,10-11H2,(H,20,21)/t13-,14+/m1/s1. The number of carbonyl (C=O) groups excluding carboxylic acids is 1. The van der Waals surface area contributed by atoms with Gasteiger partial charge in [-0.1, -0.05) is 0 Å². The quantitative estimate of drug-likeness (QED) is 0.787. The number of aromatic amines is 1. The van der Waals surface area contributed by atoms with Gasteiger partial charge in [-0.2, -0.15) is 0 Å². The molecule has 1 aromatic rings. The van der Waals surface area contributed by atoms with E-state index in [-0.39, 0.29) is 17.7 Å². The minimum absolute atomic E-state index is 0.0122. The van der Waals surface area contributed by atoms with Crippen LogP contribution in [0.15, 0.2) is 18.3 Å². The van der Waals surface area contributed by atoms with Crippen LogP contribution in [0.2, 0.25) is 0 Å². The molecular formula is C17H25N3O3. The molecule has 2 aliphatic carbocycles. The summed E-state index contributed by atoms with van der Waals surface area (Å²) in [6.45, 7) is 1.46. The highest BCUT2D eigenvalue weighted by Gasteiger charge is 2.42. The van der Waals surface area contributed by atoms with Crippen LogP contribution >= 0.6 is 0 Å². The highest BCUT2D eigenvalue weighted by atomic mass is 16.7. The molecule has 1 aliphatic heterocycles. The first-order chi connectivity index (χ1) is 11.2. The molecule has 3 aliphatic rings. The number of ether oxygens (including phenoxy) is 2. The summed E-state index contributed by atoms with van der Waals surface area (Å²) in [4.78, 5) is 15.1. The summed E-state index contributed by atoms with van der Waals surface area (Å²) in [7, 11) is 0. The number of H-pyrrole nitrogens is 1. The van der Waals surface area contributed by atoms with Crippen LogP contribution in [0, 0.1) is 0 Å². The van der Waals surface area contributed by atoms with Gasteiger partial charge in [0.1, 0.15) is 5.69 Å². The molecule has 4 rings (SSSR count). The zero-order valence-corrected chi connectivity index (χ0v) is 13.3. The van der Waals surface area contributed by atoms with Crippen LogP contribution in [0.4, 0.5) is 0 Å². The summed E-state index contributed by atoms with van der Waals surface area (Å²) >= 11 is 0. The second-order valence-electron chi connectivity index (χ2n) is 6.90. The maximum atomic E-state index is 12.1. The molecule has 6 heteroatoms. The Kier molecular flexibility index (Phi) is 4.13. The lowest BCUT2D eigenvalue weighted by Gasteiger charge is -2.43. The summed E-state index contributed by atoms with van der Waals surface area (Å²) in [5.74, 6) is -0.305. The average molecular weight is 319 g/mol. The first-order valence-electron chi connectivity index (χ1n) is 8.72. The minimum Gasteiger partial charge on any atom is -0.357 e. The molecule has 2 heterocycles. The van der Waals surface area contributed by atoms with E-state index in [0.717, 1.165) is 51.7 Å². The first kappa shape index (κ1) is 15.2. The molecule has 1 amide bonds. The van der Waals surface area contributed by atoms with Crippen molar-refractivity contribution in [3.63, 3.8) is 0 Å². The van der Waals surface area contributed by atoms with Crippen LogP contribution in [-0.4, -0.2) is 48.0 Å². The molecular weight excluding hydrogens is 294 g/mol. The monoisotopic (exact) mass is 319 g/mol. The number of nitrogens with one attached hydrogen (secondary N) is 3. The van der Waals surface area contributed by atoms with E-state index in [1.807, 2.05) is 6.07 Å². The number of hydrogen-bond acceptors (Lipinski definition) is 4. The van der Waals surface area contributed by atoms with Gasteiger partial charge in [0, 0.05) is 37.2 Å². The molecule has 1 saturated heterocycles. The van der Waals surface area contributed by atoms with E-state index in [1.165, 1.54) is 0 Å². The average Bonchev–Trinajstić information content (AvgIpc) is 3.23. The number of aromatic nitrogens is 1. The molecule has 6 nitrogen and oxygen atoms in total. The highest BCUT2D eigenvalue weighted by Crippen LogP contribution is 2.36. The summed E-state index contributed by atoms with van der Waals surface area (Å²) in [5.41, 5.74) is 0.630. The predicted octanol–water partition coefficient (Wildman–Crippen LogP) is 1.55. The van der Waals surface area contributed by atoms with E-state index in [4.69, 9.17) is 9.47 Å². The molecule has 0 aromatic carbocycles. The van der Waals surface area contributed by atoms with Gasteiger partial charge in [-0.05, 0) is 37.8 Å². The number of amides is 1. The van der Waals surface area contributed by atoms with Crippen LogP contribution in [0.1, 0.15) is 49.0 Å². The smallest absolute Gasteiger partial charge is 0.267 e. The van der Waals surface area contributed by atoms with Crippen LogP contribution in [0.25, 0.3) is 0 Å². The largest absolute Gasteiger partial charge is 0.357 e. The van der Waals surface area contributed by atoms with E-state index in [1.54, 1.807) is 12.3 Å². The van der Waals surface area contributed by atoms with Crippen molar-refractivity contribution in [2.45, 2.75) is 62.4 Å². The Bertz CT molecular complexity index is 529. The van der Waals surface area contributed by atoms with Gasteiger partial charge in [0.2, 0.25) is 0 Å². The van der Waals surface area contributed by atoms with Crippen molar-refractivity contribution < 1.29 is 14.3 Å². The minimum atomic E-state index is -0.293. The Morgan fingerprint density at radius 1 is 1.13 bits per heavy atom. The number of rotatable bonds is 4. The first-order valence-corrected chi connectivity index (χ1v) is 8.72. The van der Waals surface area contributed by atoms with Crippen molar-refractivity contribution in [1.82, 2.24) is 15.6 Å². The molecule has 2 atom stereocenters. The van der Waals surface area contributed by atoms with E-state index in [9.17, 15) is 4.79 Å². The normalized spacial score (nSPS) is 30.3. The number of hydrogen-bond donors (Lipinski definition) is 3. The van der Waals surface area contributed by atoms with Crippen molar-refractivity contribution in [3.05, 3.63) is 24.0 Å². The van der Waals surface area contributed by atoms with Gasteiger partial charge in [0.05, 0.1) is 13.2 Å². The Labute approximate surface area is 136 Å². The molecule has 0 unspecified atom stereocenters. The summed E-state index contributed by atoms with van der Waals surface area (Å²) in [5, 5.41) is 6.85. The van der Waals surface area contributed by atoms with Crippen molar-refractivity contribution in [1.29, 1.82) is 0 Å². The maximum absolute atomic E-state index is 12.1. The Balaban J connectivity index is 1.24. The maximum Gasteiger partial charge on any atom is 0.267 e. The van der Waals surface area contributed by atoms with Crippen LogP contribution < -0.4 is 10.6 Å².